The van der Waals surface area contributed by atoms with Gasteiger partial charge in [0.1, 0.15) is 0 Å². The van der Waals surface area contributed by atoms with Crippen LogP contribution in [0.1, 0.15) is 54.1 Å². The molecule has 2 aromatic rings. The Kier molecular flexibility index (Phi) is 5.76. The third-order valence-electron chi connectivity index (χ3n) is 4.14. The van der Waals surface area contributed by atoms with Gasteiger partial charge < -0.3 is 5.32 Å². The Morgan fingerprint density at radius 3 is 2.41 bits per heavy atom. The van der Waals surface area contributed by atoms with E-state index in [0.29, 0.717) is 0 Å². The fraction of sp³-hybridized carbons (Fsp3) is 0.350. The molecule has 1 aliphatic rings. The number of ketones is 1. The van der Waals surface area contributed by atoms with Gasteiger partial charge in [0, 0.05) is 24.2 Å². The minimum absolute atomic E-state index is 0.0281. The summed E-state index contributed by atoms with van der Waals surface area (Å²) >= 11 is 0. The molecule has 0 bridgehead atoms. The van der Waals surface area contributed by atoms with Gasteiger partial charge in [-0.2, -0.15) is 0 Å². The summed E-state index contributed by atoms with van der Waals surface area (Å²) in [5.41, 5.74) is 4.40. The smallest absolute Gasteiger partial charge is 0.170 e. The van der Waals surface area contributed by atoms with Crippen molar-refractivity contribution in [2.75, 3.05) is 12.4 Å². The molecular formula is C20H25NO. The molecule has 2 aromatic carbocycles. The summed E-state index contributed by atoms with van der Waals surface area (Å²) in [5.74, 6) is 0.278. The minimum atomic E-state index is 0.0281. The molecule has 116 valence electrons. The van der Waals surface area contributed by atoms with Crippen molar-refractivity contribution in [1.82, 2.24) is 0 Å². The number of benzene rings is 2. The van der Waals surface area contributed by atoms with Gasteiger partial charge in [0.25, 0.3) is 0 Å². The highest BCUT2D eigenvalue weighted by molar-refractivity contribution is 6.01. The SMILES string of the molecule is CC.CNc1ccc(C(=O)C2CCCc3ccccc32)cc1. The molecular weight excluding hydrogens is 270 g/mol. The standard InChI is InChI=1S/C18H19NO.C2H6/c1-19-15-11-9-14(10-12-15)18(20)17-8-4-6-13-5-2-3-7-16(13)17;1-2/h2-3,5,7,9-12,17,19H,4,6,8H2,1H3;1-2H3. The number of aryl methyl sites for hydroxylation is 1. The first kappa shape index (κ1) is 16.3. The third kappa shape index (κ3) is 3.38. The number of hydrogen-bond donors (Lipinski definition) is 1. The van der Waals surface area contributed by atoms with Crippen molar-refractivity contribution in [2.24, 2.45) is 0 Å². The van der Waals surface area contributed by atoms with E-state index in [9.17, 15) is 4.79 Å². The van der Waals surface area contributed by atoms with Gasteiger partial charge in [-0.3, -0.25) is 4.79 Å². The van der Waals surface area contributed by atoms with Gasteiger partial charge in [-0.05, 0) is 54.7 Å². The number of carbonyl (C=O) groups excluding carboxylic acids is 1. The number of hydrogen-bond acceptors (Lipinski definition) is 2. The Morgan fingerprint density at radius 1 is 1.05 bits per heavy atom. The molecule has 0 saturated carbocycles. The lowest BCUT2D eigenvalue weighted by atomic mass is 9.79. The third-order valence-corrected chi connectivity index (χ3v) is 4.14. The molecule has 22 heavy (non-hydrogen) atoms. The highest BCUT2D eigenvalue weighted by Crippen LogP contribution is 2.34. The number of nitrogens with one attached hydrogen (secondary N) is 1. The van der Waals surface area contributed by atoms with E-state index in [-0.39, 0.29) is 11.7 Å². The molecule has 3 rings (SSSR count). The first-order chi connectivity index (χ1) is 10.8. The van der Waals surface area contributed by atoms with Crippen LogP contribution in [0.5, 0.6) is 0 Å². The van der Waals surface area contributed by atoms with Gasteiger partial charge in [-0.1, -0.05) is 38.1 Å². The maximum Gasteiger partial charge on any atom is 0.170 e. The van der Waals surface area contributed by atoms with Crippen LogP contribution in [0.15, 0.2) is 48.5 Å². The summed E-state index contributed by atoms with van der Waals surface area (Å²) in [4.78, 5) is 12.7. The summed E-state index contributed by atoms with van der Waals surface area (Å²) < 4.78 is 0. The quantitative estimate of drug-likeness (QED) is 0.802. The minimum Gasteiger partial charge on any atom is -0.388 e. The Balaban J connectivity index is 0.000000847. The van der Waals surface area contributed by atoms with E-state index in [2.05, 4.69) is 23.5 Å². The lowest BCUT2D eigenvalue weighted by Crippen LogP contribution is -2.18. The van der Waals surface area contributed by atoms with Crippen LogP contribution >= 0.6 is 0 Å². The fourth-order valence-corrected chi connectivity index (χ4v) is 3.03. The second kappa shape index (κ2) is 7.79. The normalized spacial score (nSPS) is 16.0. The monoisotopic (exact) mass is 295 g/mol. The molecule has 0 radical (unpaired) electrons. The predicted octanol–water partition coefficient (Wildman–Crippen LogP) is 5.06. The van der Waals surface area contributed by atoms with Gasteiger partial charge >= 0.3 is 0 Å². The molecule has 1 aliphatic carbocycles. The van der Waals surface area contributed by atoms with Crippen LogP contribution in [0.3, 0.4) is 0 Å². The molecule has 0 heterocycles. The van der Waals surface area contributed by atoms with Crippen molar-refractivity contribution in [1.29, 1.82) is 0 Å². The zero-order valence-corrected chi connectivity index (χ0v) is 13.7. The number of carbonyl (C=O) groups is 1. The van der Waals surface area contributed by atoms with Crippen LogP contribution in [-0.4, -0.2) is 12.8 Å². The van der Waals surface area contributed by atoms with E-state index in [4.69, 9.17) is 0 Å². The summed E-state index contributed by atoms with van der Waals surface area (Å²) in [6.07, 6.45) is 3.16. The predicted molar refractivity (Wildman–Crippen MR) is 93.8 cm³/mol. The second-order valence-corrected chi connectivity index (χ2v) is 5.34. The van der Waals surface area contributed by atoms with E-state index in [1.807, 2.05) is 51.2 Å². The van der Waals surface area contributed by atoms with Gasteiger partial charge in [0.15, 0.2) is 5.78 Å². The Labute approximate surface area is 133 Å². The van der Waals surface area contributed by atoms with Crippen molar-refractivity contribution in [3.63, 3.8) is 0 Å². The van der Waals surface area contributed by atoms with Crippen molar-refractivity contribution < 1.29 is 4.79 Å². The summed E-state index contributed by atoms with van der Waals surface area (Å²) in [5, 5.41) is 3.08. The van der Waals surface area contributed by atoms with E-state index < -0.39 is 0 Å². The number of Topliss-reactive ketones (excluding diaryl/α,β-unsaturated/α-hetero) is 1. The molecule has 0 fully saturated rings. The van der Waals surface area contributed by atoms with E-state index in [1.54, 1.807) is 0 Å². The van der Waals surface area contributed by atoms with Crippen molar-refractivity contribution in [2.45, 2.75) is 39.0 Å². The topological polar surface area (TPSA) is 29.1 Å². The molecule has 0 aromatic heterocycles. The average Bonchev–Trinajstić information content (AvgIpc) is 2.62. The molecule has 2 heteroatoms. The molecule has 0 amide bonds. The van der Waals surface area contributed by atoms with Gasteiger partial charge in [0.05, 0.1) is 0 Å². The Bertz CT molecular complexity index is 616. The largest absolute Gasteiger partial charge is 0.388 e. The number of rotatable bonds is 3. The molecule has 0 saturated heterocycles. The van der Waals surface area contributed by atoms with E-state index in [0.717, 1.165) is 30.5 Å². The number of anilines is 1. The highest BCUT2D eigenvalue weighted by atomic mass is 16.1. The second-order valence-electron chi connectivity index (χ2n) is 5.34. The van der Waals surface area contributed by atoms with Crippen LogP contribution in [0.25, 0.3) is 0 Å². The van der Waals surface area contributed by atoms with Crippen LogP contribution in [0.2, 0.25) is 0 Å². The van der Waals surface area contributed by atoms with Crippen molar-refractivity contribution in [3.05, 3.63) is 65.2 Å². The van der Waals surface area contributed by atoms with Crippen LogP contribution in [0.4, 0.5) is 5.69 Å². The lowest BCUT2D eigenvalue weighted by Gasteiger charge is -2.24. The molecule has 0 spiro atoms. The molecule has 1 N–H and O–H groups in total. The molecule has 1 unspecified atom stereocenters. The average molecular weight is 295 g/mol. The molecule has 0 aliphatic heterocycles. The summed E-state index contributed by atoms with van der Waals surface area (Å²) in [6, 6.07) is 16.1. The zero-order chi connectivity index (χ0) is 15.9. The van der Waals surface area contributed by atoms with Crippen LogP contribution in [0, 0.1) is 0 Å². The lowest BCUT2D eigenvalue weighted by molar-refractivity contribution is 0.0951. The van der Waals surface area contributed by atoms with Crippen molar-refractivity contribution in [3.8, 4) is 0 Å². The Morgan fingerprint density at radius 2 is 1.73 bits per heavy atom. The maximum absolute atomic E-state index is 12.7. The Hall–Kier alpha value is -2.09. The first-order valence-corrected chi connectivity index (χ1v) is 8.19. The van der Waals surface area contributed by atoms with Crippen LogP contribution < -0.4 is 5.32 Å². The first-order valence-electron chi connectivity index (χ1n) is 8.19. The molecule has 2 nitrogen and oxygen atoms in total. The van der Waals surface area contributed by atoms with E-state index >= 15 is 0 Å². The molecule has 1 atom stereocenters. The fourth-order valence-electron chi connectivity index (χ4n) is 3.03. The summed E-state index contributed by atoms with van der Waals surface area (Å²) in [6.45, 7) is 4.00. The van der Waals surface area contributed by atoms with Gasteiger partial charge in [0.2, 0.25) is 0 Å². The maximum atomic E-state index is 12.7. The number of fused-ring (bicyclic) bond motifs is 1. The van der Waals surface area contributed by atoms with Crippen molar-refractivity contribution >= 4 is 11.5 Å². The highest BCUT2D eigenvalue weighted by Gasteiger charge is 2.26. The van der Waals surface area contributed by atoms with Gasteiger partial charge in [-0.15, -0.1) is 0 Å². The van der Waals surface area contributed by atoms with Crippen LogP contribution in [-0.2, 0) is 6.42 Å². The van der Waals surface area contributed by atoms with Gasteiger partial charge in [-0.25, -0.2) is 0 Å². The summed E-state index contributed by atoms with van der Waals surface area (Å²) in [7, 11) is 1.88. The zero-order valence-electron chi connectivity index (χ0n) is 13.7. The van der Waals surface area contributed by atoms with E-state index in [1.165, 1.54) is 11.1 Å².